The first-order valence-corrected chi connectivity index (χ1v) is 11.5. The van der Waals surface area contributed by atoms with Crippen LogP contribution in [0.25, 0.3) is 0 Å². The lowest BCUT2D eigenvalue weighted by molar-refractivity contribution is -0.135. The van der Waals surface area contributed by atoms with Gasteiger partial charge in [-0.25, -0.2) is 0 Å². The summed E-state index contributed by atoms with van der Waals surface area (Å²) in [6.07, 6.45) is 2.80. The number of anilines is 1. The molecule has 0 atom stereocenters. The van der Waals surface area contributed by atoms with Crippen molar-refractivity contribution in [3.05, 3.63) is 64.1 Å². The Morgan fingerprint density at radius 1 is 0.900 bits per heavy atom. The van der Waals surface area contributed by atoms with Crippen LogP contribution in [0.3, 0.4) is 0 Å². The normalized spacial score (nSPS) is 20.2. The van der Waals surface area contributed by atoms with Gasteiger partial charge in [0.25, 0.3) is 0 Å². The van der Waals surface area contributed by atoms with E-state index in [0.29, 0.717) is 19.6 Å². The Morgan fingerprint density at radius 2 is 1.60 bits per heavy atom. The zero-order valence-corrected chi connectivity index (χ0v) is 18.6. The number of halogens is 1. The fourth-order valence-electron chi connectivity index (χ4n) is 4.81. The van der Waals surface area contributed by atoms with Crippen LogP contribution in [0.4, 0.5) is 5.69 Å². The number of carbonyl (C=O) groups excluding carboxylic acids is 2. The molecular formula is C24H26BrN3O2. The fraction of sp³-hybridized carbons (Fsp3) is 0.417. The standard InChI is InChI=1S/C24H26BrN3O2/c25-20-7-5-19(6-8-20)24(10-11-24)23(30)27-15-13-26(14-16-27)17-22(29)28-12-9-18-3-1-2-4-21(18)28/h1-8H,9-17H2. The molecule has 0 spiro atoms. The van der Waals surface area contributed by atoms with Crippen molar-refractivity contribution in [1.29, 1.82) is 0 Å². The van der Waals surface area contributed by atoms with Gasteiger partial charge in [0.2, 0.25) is 11.8 Å². The third kappa shape index (κ3) is 3.56. The first kappa shape index (κ1) is 19.8. The highest BCUT2D eigenvalue weighted by Crippen LogP contribution is 2.49. The molecule has 30 heavy (non-hydrogen) atoms. The van der Waals surface area contributed by atoms with E-state index < -0.39 is 0 Å². The van der Waals surface area contributed by atoms with Crippen molar-refractivity contribution in [2.45, 2.75) is 24.7 Å². The van der Waals surface area contributed by atoms with Crippen molar-refractivity contribution in [2.75, 3.05) is 44.2 Å². The zero-order chi connectivity index (χ0) is 20.7. The van der Waals surface area contributed by atoms with Crippen molar-refractivity contribution in [3.63, 3.8) is 0 Å². The first-order chi connectivity index (χ1) is 14.6. The van der Waals surface area contributed by atoms with E-state index in [9.17, 15) is 9.59 Å². The van der Waals surface area contributed by atoms with Crippen LogP contribution in [0.5, 0.6) is 0 Å². The summed E-state index contributed by atoms with van der Waals surface area (Å²) in [6, 6.07) is 16.3. The molecule has 6 heteroatoms. The van der Waals surface area contributed by atoms with E-state index in [1.54, 1.807) is 0 Å². The van der Waals surface area contributed by atoms with Crippen LogP contribution in [0, 0.1) is 0 Å². The molecule has 5 nitrogen and oxygen atoms in total. The predicted molar refractivity (Wildman–Crippen MR) is 121 cm³/mol. The maximum absolute atomic E-state index is 13.3. The molecule has 2 aromatic carbocycles. The summed E-state index contributed by atoms with van der Waals surface area (Å²) < 4.78 is 1.04. The Balaban J connectivity index is 1.17. The van der Waals surface area contributed by atoms with Gasteiger partial charge >= 0.3 is 0 Å². The van der Waals surface area contributed by atoms with Crippen molar-refractivity contribution >= 4 is 33.4 Å². The Bertz CT molecular complexity index is 963. The smallest absolute Gasteiger partial charge is 0.241 e. The van der Waals surface area contributed by atoms with E-state index in [4.69, 9.17) is 0 Å². The minimum atomic E-state index is -0.321. The van der Waals surface area contributed by atoms with Gasteiger partial charge in [-0.2, -0.15) is 0 Å². The topological polar surface area (TPSA) is 43.9 Å². The second-order valence-corrected chi connectivity index (χ2v) is 9.50. The van der Waals surface area contributed by atoms with Crippen LogP contribution in [0.1, 0.15) is 24.0 Å². The van der Waals surface area contributed by atoms with Crippen LogP contribution >= 0.6 is 15.9 Å². The zero-order valence-electron chi connectivity index (χ0n) is 17.0. The Hall–Kier alpha value is -2.18. The summed E-state index contributed by atoms with van der Waals surface area (Å²) in [4.78, 5) is 32.2. The molecule has 1 saturated carbocycles. The van der Waals surface area contributed by atoms with Gasteiger partial charge in [0, 0.05) is 42.9 Å². The highest BCUT2D eigenvalue weighted by molar-refractivity contribution is 9.10. The second kappa shape index (κ2) is 7.82. The van der Waals surface area contributed by atoms with Crippen molar-refractivity contribution in [2.24, 2.45) is 0 Å². The molecule has 0 aromatic heterocycles. The van der Waals surface area contributed by atoms with Gasteiger partial charge in [-0.15, -0.1) is 0 Å². The number of piperazine rings is 1. The first-order valence-electron chi connectivity index (χ1n) is 10.7. The Morgan fingerprint density at radius 3 is 2.30 bits per heavy atom. The highest BCUT2D eigenvalue weighted by Gasteiger charge is 2.53. The summed E-state index contributed by atoms with van der Waals surface area (Å²) >= 11 is 3.47. The fourth-order valence-corrected chi connectivity index (χ4v) is 5.07. The van der Waals surface area contributed by atoms with Gasteiger partial charge in [0.15, 0.2) is 0 Å². The van der Waals surface area contributed by atoms with Crippen LogP contribution in [-0.2, 0) is 21.4 Å². The molecule has 2 fully saturated rings. The minimum Gasteiger partial charge on any atom is -0.339 e. The van der Waals surface area contributed by atoms with Gasteiger partial charge in [-0.3, -0.25) is 14.5 Å². The molecule has 2 aromatic rings. The molecule has 0 radical (unpaired) electrons. The molecule has 1 saturated heterocycles. The van der Waals surface area contributed by atoms with Gasteiger partial charge in [-0.05, 0) is 48.6 Å². The Labute approximate surface area is 185 Å². The molecule has 1 aliphatic carbocycles. The predicted octanol–water partition coefficient (Wildman–Crippen LogP) is 3.21. The van der Waals surface area contributed by atoms with Gasteiger partial charge in [-0.1, -0.05) is 46.3 Å². The number of amides is 2. The number of rotatable bonds is 4. The van der Waals surface area contributed by atoms with E-state index in [0.717, 1.165) is 54.6 Å². The summed E-state index contributed by atoms with van der Waals surface area (Å²) in [7, 11) is 0. The van der Waals surface area contributed by atoms with Crippen molar-refractivity contribution in [1.82, 2.24) is 9.80 Å². The van der Waals surface area contributed by atoms with Crippen LogP contribution < -0.4 is 4.90 Å². The van der Waals surface area contributed by atoms with Crippen LogP contribution in [0.2, 0.25) is 0 Å². The number of fused-ring (bicyclic) bond motifs is 1. The Kier molecular flexibility index (Phi) is 5.15. The number of hydrogen-bond donors (Lipinski definition) is 0. The van der Waals surface area contributed by atoms with Gasteiger partial charge < -0.3 is 9.80 Å². The molecule has 5 rings (SSSR count). The lowest BCUT2D eigenvalue weighted by atomic mass is 9.94. The molecule has 0 bridgehead atoms. The van der Waals surface area contributed by atoms with E-state index >= 15 is 0 Å². The van der Waals surface area contributed by atoms with E-state index in [-0.39, 0.29) is 17.2 Å². The quantitative estimate of drug-likeness (QED) is 0.693. The van der Waals surface area contributed by atoms with Crippen molar-refractivity contribution < 1.29 is 9.59 Å². The molecule has 3 aliphatic rings. The largest absolute Gasteiger partial charge is 0.339 e. The average molecular weight is 468 g/mol. The minimum absolute atomic E-state index is 0.160. The molecule has 0 N–H and O–H groups in total. The third-order valence-electron chi connectivity index (χ3n) is 6.76. The lowest BCUT2D eigenvalue weighted by Gasteiger charge is -2.37. The van der Waals surface area contributed by atoms with E-state index in [1.165, 1.54) is 5.56 Å². The number of hydrogen-bond acceptors (Lipinski definition) is 3. The van der Waals surface area contributed by atoms with E-state index in [1.807, 2.05) is 40.1 Å². The summed E-state index contributed by atoms with van der Waals surface area (Å²) in [5.41, 5.74) is 3.12. The molecule has 0 unspecified atom stereocenters. The number of carbonyl (C=O) groups is 2. The monoisotopic (exact) mass is 467 g/mol. The van der Waals surface area contributed by atoms with Crippen molar-refractivity contribution in [3.8, 4) is 0 Å². The number of nitrogens with zero attached hydrogens (tertiary/aromatic N) is 3. The third-order valence-corrected chi connectivity index (χ3v) is 7.29. The number of para-hydroxylation sites is 1. The molecular weight excluding hydrogens is 442 g/mol. The highest BCUT2D eigenvalue weighted by atomic mass is 79.9. The summed E-state index contributed by atoms with van der Waals surface area (Å²) in [5.74, 6) is 0.414. The lowest BCUT2D eigenvalue weighted by Crippen LogP contribution is -2.53. The maximum atomic E-state index is 13.3. The van der Waals surface area contributed by atoms with E-state index in [2.05, 4.69) is 39.0 Å². The average Bonchev–Trinajstić information content (AvgIpc) is 3.46. The molecule has 2 heterocycles. The molecule has 156 valence electrons. The second-order valence-electron chi connectivity index (χ2n) is 8.58. The summed E-state index contributed by atoms with van der Waals surface area (Å²) in [6.45, 7) is 4.09. The molecule has 2 amide bonds. The van der Waals surface area contributed by atoms with Gasteiger partial charge in [0.05, 0.1) is 12.0 Å². The maximum Gasteiger partial charge on any atom is 0.241 e. The molecule has 2 aliphatic heterocycles. The van der Waals surface area contributed by atoms with Gasteiger partial charge in [0.1, 0.15) is 0 Å². The summed E-state index contributed by atoms with van der Waals surface area (Å²) in [5, 5.41) is 0. The number of benzene rings is 2. The SMILES string of the molecule is O=C(CN1CCN(C(=O)C2(c3ccc(Br)cc3)CC2)CC1)N1CCc2ccccc21. The van der Waals surface area contributed by atoms with Crippen LogP contribution in [0.15, 0.2) is 53.0 Å². The van der Waals surface area contributed by atoms with Crippen LogP contribution in [-0.4, -0.2) is 60.9 Å².